The number of carbonyl (C=O) groups excluding carboxylic acids is 1. The van der Waals surface area contributed by atoms with E-state index in [1.807, 2.05) is 12.1 Å². The first-order valence-corrected chi connectivity index (χ1v) is 8.80. The molecule has 2 heterocycles. The Hall–Kier alpha value is -2.77. The van der Waals surface area contributed by atoms with Gasteiger partial charge in [0.25, 0.3) is 5.91 Å². The fraction of sp³-hybridized carbons (Fsp3) is 0.211. The van der Waals surface area contributed by atoms with Gasteiger partial charge in [0.1, 0.15) is 11.9 Å². The third kappa shape index (κ3) is 3.84. The summed E-state index contributed by atoms with van der Waals surface area (Å²) < 4.78 is 20.6. The number of fused-ring (bicyclic) bond motifs is 1. The van der Waals surface area contributed by atoms with Gasteiger partial charge < -0.3 is 10.1 Å². The number of aromatic nitrogens is 3. The first-order valence-electron chi connectivity index (χ1n) is 8.42. The molecule has 6 nitrogen and oxygen atoms in total. The lowest BCUT2D eigenvalue weighted by molar-refractivity contribution is -0.00180. The van der Waals surface area contributed by atoms with Crippen molar-refractivity contribution in [3.63, 3.8) is 0 Å². The van der Waals surface area contributed by atoms with Crippen molar-refractivity contribution in [2.45, 2.75) is 25.8 Å². The van der Waals surface area contributed by atoms with Crippen molar-refractivity contribution >= 4 is 17.5 Å². The molecule has 0 spiro atoms. The fourth-order valence-corrected chi connectivity index (χ4v) is 3.06. The number of amides is 1. The maximum absolute atomic E-state index is 13.1. The molecule has 0 radical (unpaired) electrons. The number of hydrogen-bond acceptors (Lipinski definition) is 4. The van der Waals surface area contributed by atoms with Crippen molar-refractivity contribution in [2.24, 2.45) is 0 Å². The Morgan fingerprint density at radius 1 is 1.22 bits per heavy atom. The minimum atomic E-state index is -0.310. The van der Waals surface area contributed by atoms with E-state index in [9.17, 15) is 9.18 Å². The van der Waals surface area contributed by atoms with Gasteiger partial charge >= 0.3 is 0 Å². The van der Waals surface area contributed by atoms with Gasteiger partial charge in [0.05, 0.1) is 18.8 Å². The SMILES string of the molecule is O=C(NCc1ccc(Cl)cc1)c1nnn2c1CO[C@@H](c1ccc(F)cc1)C2. The Kier molecular flexibility index (Phi) is 4.87. The lowest BCUT2D eigenvalue weighted by Gasteiger charge is -2.24. The van der Waals surface area contributed by atoms with Gasteiger partial charge in [-0.2, -0.15) is 0 Å². The quantitative estimate of drug-likeness (QED) is 0.747. The van der Waals surface area contributed by atoms with E-state index in [1.165, 1.54) is 12.1 Å². The van der Waals surface area contributed by atoms with Gasteiger partial charge in [0, 0.05) is 11.6 Å². The number of rotatable bonds is 4. The summed E-state index contributed by atoms with van der Waals surface area (Å²) in [6, 6.07) is 13.4. The zero-order valence-electron chi connectivity index (χ0n) is 14.2. The molecule has 1 atom stereocenters. The van der Waals surface area contributed by atoms with Gasteiger partial charge in [-0.05, 0) is 35.4 Å². The minimum absolute atomic E-state index is 0.207. The Morgan fingerprint density at radius 2 is 1.96 bits per heavy atom. The van der Waals surface area contributed by atoms with Crippen LogP contribution in [0.25, 0.3) is 0 Å². The Balaban J connectivity index is 1.43. The lowest BCUT2D eigenvalue weighted by Crippen LogP contribution is -2.27. The lowest BCUT2D eigenvalue weighted by atomic mass is 10.1. The van der Waals surface area contributed by atoms with Gasteiger partial charge in [0.15, 0.2) is 5.69 Å². The molecule has 1 aromatic heterocycles. The van der Waals surface area contributed by atoms with Crippen molar-refractivity contribution in [1.82, 2.24) is 20.3 Å². The van der Waals surface area contributed by atoms with Crippen LogP contribution >= 0.6 is 11.6 Å². The van der Waals surface area contributed by atoms with E-state index < -0.39 is 0 Å². The topological polar surface area (TPSA) is 69.0 Å². The molecule has 1 aliphatic heterocycles. The number of hydrogen-bond donors (Lipinski definition) is 1. The molecule has 0 saturated carbocycles. The molecule has 0 bridgehead atoms. The molecule has 4 rings (SSSR count). The third-order valence-electron chi connectivity index (χ3n) is 4.42. The average molecular weight is 387 g/mol. The van der Waals surface area contributed by atoms with Crippen LogP contribution in [0.4, 0.5) is 4.39 Å². The smallest absolute Gasteiger partial charge is 0.274 e. The van der Waals surface area contributed by atoms with E-state index in [0.717, 1.165) is 11.1 Å². The molecular weight excluding hydrogens is 371 g/mol. The standard InChI is InChI=1S/C19H16ClFN4O2/c20-14-5-1-12(2-6-14)9-22-19(26)18-16-11-27-17(10-25(16)24-23-18)13-3-7-15(21)8-4-13/h1-8,17H,9-11H2,(H,22,26)/t17-/m1/s1. The molecule has 1 aliphatic rings. The van der Waals surface area contributed by atoms with Crippen LogP contribution in [-0.4, -0.2) is 20.9 Å². The molecule has 138 valence electrons. The highest BCUT2D eigenvalue weighted by atomic mass is 35.5. The van der Waals surface area contributed by atoms with Crippen LogP contribution in [0.1, 0.15) is 33.4 Å². The van der Waals surface area contributed by atoms with Gasteiger partial charge in [-0.1, -0.05) is 41.1 Å². The van der Waals surface area contributed by atoms with Crippen molar-refractivity contribution in [1.29, 1.82) is 0 Å². The van der Waals surface area contributed by atoms with E-state index in [-0.39, 0.29) is 30.1 Å². The van der Waals surface area contributed by atoms with Crippen molar-refractivity contribution in [2.75, 3.05) is 0 Å². The van der Waals surface area contributed by atoms with E-state index >= 15 is 0 Å². The summed E-state index contributed by atoms with van der Waals surface area (Å²) in [6.07, 6.45) is -0.259. The summed E-state index contributed by atoms with van der Waals surface area (Å²) in [4.78, 5) is 12.5. The van der Waals surface area contributed by atoms with Gasteiger partial charge in [0.2, 0.25) is 0 Å². The summed E-state index contributed by atoms with van der Waals surface area (Å²) in [5.74, 6) is -0.606. The van der Waals surface area contributed by atoms with Crippen molar-refractivity contribution in [3.05, 3.63) is 81.9 Å². The van der Waals surface area contributed by atoms with Crippen LogP contribution in [-0.2, 0) is 24.4 Å². The predicted octanol–water partition coefficient (Wildman–Crippen LogP) is 3.27. The number of benzene rings is 2. The predicted molar refractivity (Wildman–Crippen MR) is 96.6 cm³/mol. The normalized spacial score (nSPS) is 16.0. The zero-order chi connectivity index (χ0) is 18.8. The van der Waals surface area contributed by atoms with E-state index in [0.29, 0.717) is 23.8 Å². The molecule has 0 saturated heterocycles. The molecule has 2 aromatic carbocycles. The maximum atomic E-state index is 13.1. The Bertz CT molecular complexity index is 957. The highest BCUT2D eigenvalue weighted by Crippen LogP contribution is 2.27. The largest absolute Gasteiger partial charge is 0.365 e. The van der Waals surface area contributed by atoms with Gasteiger partial charge in [-0.25, -0.2) is 9.07 Å². The second-order valence-electron chi connectivity index (χ2n) is 6.23. The molecule has 27 heavy (non-hydrogen) atoms. The van der Waals surface area contributed by atoms with Crippen LogP contribution in [0, 0.1) is 5.82 Å². The van der Waals surface area contributed by atoms with E-state index in [1.54, 1.807) is 28.9 Å². The summed E-state index contributed by atoms with van der Waals surface area (Å²) in [5.41, 5.74) is 2.66. The average Bonchev–Trinajstić information content (AvgIpc) is 3.11. The maximum Gasteiger partial charge on any atom is 0.274 e. The first kappa shape index (κ1) is 17.6. The summed E-state index contributed by atoms with van der Waals surface area (Å²) in [7, 11) is 0. The summed E-state index contributed by atoms with van der Waals surface area (Å²) >= 11 is 5.86. The molecule has 0 unspecified atom stereocenters. The van der Waals surface area contributed by atoms with Crippen molar-refractivity contribution < 1.29 is 13.9 Å². The zero-order valence-corrected chi connectivity index (χ0v) is 15.0. The van der Waals surface area contributed by atoms with Crippen LogP contribution < -0.4 is 5.32 Å². The Morgan fingerprint density at radius 3 is 2.70 bits per heavy atom. The van der Waals surface area contributed by atoms with Gasteiger partial charge in [-0.15, -0.1) is 5.10 Å². The van der Waals surface area contributed by atoms with Crippen molar-refractivity contribution in [3.8, 4) is 0 Å². The Labute approximate surface area is 159 Å². The summed E-state index contributed by atoms with van der Waals surface area (Å²) in [5, 5.41) is 11.5. The number of nitrogens with zero attached hydrogens (tertiary/aromatic N) is 3. The first-order chi connectivity index (χ1) is 13.1. The fourth-order valence-electron chi connectivity index (χ4n) is 2.94. The van der Waals surface area contributed by atoms with E-state index in [2.05, 4.69) is 15.6 Å². The van der Waals surface area contributed by atoms with Crippen LogP contribution in [0.15, 0.2) is 48.5 Å². The number of carbonyl (C=O) groups is 1. The van der Waals surface area contributed by atoms with Crippen LogP contribution in [0.2, 0.25) is 5.02 Å². The molecule has 1 amide bonds. The number of ether oxygens (including phenoxy) is 1. The minimum Gasteiger partial charge on any atom is -0.365 e. The molecule has 3 aromatic rings. The van der Waals surface area contributed by atoms with Gasteiger partial charge in [-0.3, -0.25) is 4.79 Å². The van der Waals surface area contributed by atoms with Crippen LogP contribution in [0.5, 0.6) is 0 Å². The number of nitrogens with one attached hydrogen (secondary N) is 1. The number of halogens is 2. The second-order valence-corrected chi connectivity index (χ2v) is 6.66. The molecule has 1 N–H and O–H groups in total. The molecular formula is C19H16ClFN4O2. The highest BCUT2D eigenvalue weighted by molar-refractivity contribution is 6.30. The highest BCUT2D eigenvalue weighted by Gasteiger charge is 2.27. The molecule has 0 aliphatic carbocycles. The second kappa shape index (κ2) is 7.46. The van der Waals surface area contributed by atoms with E-state index in [4.69, 9.17) is 16.3 Å². The monoisotopic (exact) mass is 386 g/mol. The summed E-state index contributed by atoms with van der Waals surface area (Å²) in [6.45, 7) is 0.985. The molecule has 0 fully saturated rings. The van der Waals surface area contributed by atoms with Crippen LogP contribution in [0.3, 0.4) is 0 Å². The third-order valence-corrected chi connectivity index (χ3v) is 4.67. The molecule has 8 heteroatoms.